The Labute approximate surface area is 192 Å². The average molecular weight is 431 g/mol. The molecule has 0 spiro atoms. The Bertz CT molecular complexity index is 1570. The number of rotatable bonds is 3. The maximum atomic E-state index is 4.77. The van der Waals surface area contributed by atoms with Gasteiger partial charge in [0.2, 0.25) is 0 Å². The highest BCUT2D eigenvalue weighted by Crippen LogP contribution is 2.28. The van der Waals surface area contributed by atoms with E-state index in [0.29, 0.717) is 11.5 Å². The molecule has 6 nitrogen and oxygen atoms in total. The Hall–Kier alpha value is -4.50. The van der Waals surface area contributed by atoms with Crippen LogP contribution in [-0.4, -0.2) is 44.7 Å². The zero-order valence-electron chi connectivity index (χ0n) is 18.7. The first-order chi connectivity index (χ1) is 16.1. The third kappa shape index (κ3) is 4.17. The van der Waals surface area contributed by atoms with Crippen molar-refractivity contribution < 1.29 is 0 Å². The van der Waals surface area contributed by atoms with Crippen LogP contribution in [0.25, 0.3) is 27.8 Å². The number of hydrogen-bond acceptors (Lipinski definition) is 4. The van der Waals surface area contributed by atoms with Crippen molar-refractivity contribution in [3.05, 3.63) is 90.0 Å². The van der Waals surface area contributed by atoms with Gasteiger partial charge in [-0.05, 0) is 61.4 Å². The lowest BCUT2D eigenvalue weighted by molar-refractivity contribution is 0.643. The second-order valence-electron chi connectivity index (χ2n) is 7.91. The van der Waals surface area contributed by atoms with Crippen LogP contribution in [0.3, 0.4) is 0 Å². The fourth-order valence-corrected chi connectivity index (χ4v) is 3.70. The highest BCUT2D eigenvalue weighted by atomic mass is 15.1. The van der Waals surface area contributed by atoms with Gasteiger partial charge < -0.3 is 4.90 Å². The molecular formula is C27H22N6. The highest BCUT2D eigenvalue weighted by molar-refractivity contribution is 5.80. The summed E-state index contributed by atoms with van der Waals surface area (Å²) in [7, 11) is 3.85. The SMILES string of the molecule is Cc1nc2ccccn2c1-c1ccc(N=CN(C)C)nc1C#Cc1ccc2ncccc2c1. The second-order valence-corrected chi connectivity index (χ2v) is 7.91. The number of imidazole rings is 1. The summed E-state index contributed by atoms with van der Waals surface area (Å²) >= 11 is 0. The Morgan fingerprint density at radius 3 is 2.76 bits per heavy atom. The van der Waals surface area contributed by atoms with Crippen LogP contribution in [0.4, 0.5) is 5.82 Å². The van der Waals surface area contributed by atoms with Crippen LogP contribution < -0.4 is 0 Å². The quantitative estimate of drug-likeness (QED) is 0.233. The van der Waals surface area contributed by atoms with E-state index >= 15 is 0 Å². The topological polar surface area (TPSA) is 58.7 Å². The number of aromatic nitrogens is 4. The van der Waals surface area contributed by atoms with E-state index in [1.807, 2.05) is 92.8 Å². The molecule has 5 rings (SSSR count). The lowest BCUT2D eigenvalue weighted by Gasteiger charge is -2.07. The van der Waals surface area contributed by atoms with Crippen molar-refractivity contribution in [1.82, 2.24) is 24.3 Å². The maximum absolute atomic E-state index is 4.77. The fraction of sp³-hybridized carbons (Fsp3) is 0.111. The Morgan fingerprint density at radius 2 is 1.88 bits per heavy atom. The monoisotopic (exact) mass is 430 g/mol. The van der Waals surface area contributed by atoms with Crippen molar-refractivity contribution in [1.29, 1.82) is 0 Å². The molecule has 4 heterocycles. The summed E-state index contributed by atoms with van der Waals surface area (Å²) < 4.78 is 2.07. The van der Waals surface area contributed by atoms with E-state index in [-0.39, 0.29) is 0 Å². The second kappa shape index (κ2) is 8.56. The van der Waals surface area contributed by atoms with Crippen LogP contribution in [0.5, 0.6) is 0 Å². The van der Waals surface area contributed by atoms with Crippen LogP contribution in [0, 0.1) is 18.8 Å². The number of nitrogens with zero attached hydrogens (tertiary/aromatic N) is 6. The van der Waals surface area contributed by atoms with Gasteiger partial charge in [0.05, 0.1) is 23.2 Å². The van der Waals surface area contributed by atoms with Gasteiger partial charge in [-0.25, -0.2) is 15.0 Å². The van der Waals surface area contributed by atoms with Gasteiger partial charge in [-0.15, -0.1) is 0 Å². The minimum atomic E-state index is 0.603. The molecule has 6 heteroatoms. The van der Waals surface area contributed by atoms with E-state index in [0.717, 1.165) is 39.1 Å². The van der Waals surface area contributed by atoms with Gasteiger partial charge >= 0.3 is 0 Å². The molecule has 33 heavy (non-hydrogen) atoms. The van der Waals surface area contributed by atoms with Crippen LogP contribution >= 0.6 is 0 Å². The molecule has 0 amide bonds. The molecule has 0 bridgehead atoms. The molecule has 0 radical (unpaired) electrons. The first-order valence-electron chi connectivity index (χ1n) is 10.6. The van der Waals surface area contributed by atoms with E-state index in [2.05, 4.69) is 26.2 Å². The van der Waals surface area contributed by atoms with Crippen molar-refractivity contribution in [2.75, 3.05) is 14.1 Å². The number of fused-ring (bicyclic) bond motifs is 2. The van der Waals surface area contributed by atoms with Crippen molar-refractivity contribution in [2.24, 2.45) is 4.99 Å². The zero-order valence-corrected chi connectivity index (χ0v) is 18.7. The minimum Gasteiger partial charge on any atom is -0.369 e. The smallest absolute Gasteiger partial charge is 0.155 e. The predicted octanol–water partition coefficient (Wildman–Crippen LogP) is 4.87. The number of pyridine rings is 3. The van der Waals surface area contributed by atoms with Crippen LogP contribution in [0.1, 0.15) is 17.0 Å². The molecule has 160 valence electrons. The Balaban J connectivity index is 1.66. The highest BCUT2D eigenvalue weighted by Gasteiger charge is 2.15. The lowest BCUT2D eigenvalue weighted by Crippen LogP contribution is -2.07. The van der Waals surface area contributed by atoms with Gasteiger partial charge in [0.1, 0.15) is 11.3 Å². The van der Waals surface area contributed by atoms with Crippen LogP contribution in [0.15, 0.2) is 78.0 Å². The van der Waals surface area contributed by atoms with E-state index in [1.54, 1.807) is 12.5 Å². The van der Waals surface area contributed by atoms with E-state index in [9.17, 15) is 0 Å². The molecule has 0 unspecified atom stereocenters. The standard InChI is InChI=1S/C27H22N6/c1-19-27(33-16-5-4-8-26(33)30-19)22-11-14-25(29-18-32(2)3)31-24(22)13-10-20-9-12-23-21(17-20)7-6-15-28-23/h4-9,11-12,14-18H,1-3H3. The molecule has 0 atom stereocenters. The van der Waals surface area contributed by atoms with Gasteiger partial charge in [0, 0.05) is 43.0 Å². The van der Waals surface area contributed by atoms with E-state index in [1.165, 1.54) is 0 Å². The molecule has 4 aromatic heterocycles. The molecule has 0 aliphatic heterocycles. The molecule has 0 N–H and O–H groups in total. The molecule has 0 aliphatic carbocycles. The zero-order chi connectivity index (χ0) is 22.8. The summed E-state index contributed by atoms with van der Waals surface area (Å²) in [5, 5.41) is 1.06. The number of benzene rings is 1. The summed E-state index contributed by atoms with van der Waals surface area (Å²) in [4.78, 5) is 20.2. The first-order valence-corrected chi connectivity index (χ1v) is 10.6. The van der Waals surface area contributed by atoms with Crippen molar-refractivity contribution in [3.63, 3.8) is 0 Å². The van der Waals surface area contributed by atoms with Crippen LogP contribution in [-0.2, 0) is 0 Å². The fourth-order valence-electron chi connectivity index (χ4n) is 3.70. The minimum absolute atomic E-state index is 0.603. The summed E-state index contributed by atoms with van der Waals surface area (Å²) in [6, 6.07) is 19.9. The van der Waals surface area contributed by atoms with E-state index in [4.69, 9.17) is 9.97 Å². The van der Waals surface area contributed by atoms with Crippen molar-refractivity contribution >= 4 is 28.7 Å². The van der Waals surface area contributed by atoms with E-state index < -0.39 is 0 Å². The number of aliphatic imine (C=N–C) groups is 1. The predicted molar refractivity (Wildman–Crippen MR) is 133 cm³/mol. The molecule has 0 saturated carbocycles. The third-order valence-corrected chi connectivity index (χ3v) is 5.19. The van der Waals surface area contributed by atoms with Crippen LogP contribution in [0.2, 0.25) is 0 Å². The lowest BCUT2D eigenvalue weighted by atomic mass is 10.1. The van der Waals surface area contributed by atoms with Gasteiger partial charge in [0.15, 0.2) is 5.82 Å². The summed E-state index contributed by atoms with van der Waals surface area (Å²) in [5.74, 6) is 7.18. The Kier molecular flexibility index (Phi) is 5.29. The summed E-state index contributed by atoms with van der Waals surface area (Å²) in [6.45, 7) is 2.01. The average Bonchev–Trinajstić information content (AvgIpc) is 3.16. The Morgan fingerprint density at radius 1 is 0.970 bits per heavy atom. The van der Waals surface area contributed by atoms with Crippen molar-refractivity contribution in [3.8, 4) is 23.1 Å². The molecule has 0 fully saturated rings. The molecule has 0 saturated heterocycles. The number of aryl methyl sites for hydroxylation is 1. The number of hydrogen-bond donors (Lipinski definition) is 0. The van der Waals surface area contributed by atoms with Gasteiger partial charge in [0.25, 0.3) is 0 Å². The van der Waals surface area contributed by atoms with Gasteiger partial charge in [-0.1, -0.05) is 18.1 Å². The normalized spacial score (nSPS) is 11.1. The first kappa shape index (κ1) is 20.4. The largest absolute Gasteiger partial charge is 0.369 e. The molecular weight excluding hydrogens is 408 g/mol. The third-order valence-electron chi connectivity index (χ3n) is 5.19. The van der Waals surface area contributed by atoms with Gasteiger partial charge in [-0.2, -0.15) is 0 Å². The molecule has 0 aliphatic rings. The summed E-state index contributed by atoms with van der Waals surface area (Å²) in [5.41, 5.74) is 6.22. The summed E-state index contributed by atoms with van der Waals surface area (Å²) in [6.07, 6.45) is 5.53. The van der Waals surface area contributed by atoms with Crippen molar-refractivity contribution in [2.45, 2.75) is 6.92 Å². The molecule has 1 aromatic carbocycles. The maximum Gasteiger partial charge on any atom is 0.155 e. The van der Waals surface area contributed by atoms with Gasteiger partial charge in [-0.3, -0.25) is 9.38 Å². The molecule has 5 aromatic rings.